The molecule has 0 heterocycles. The van der Waals surface area contributed by atoms with Gasteiger partial charge in [0.1, 0.15) is 0 Å². The fourth-order valence-electron chi connectivity index (χ4n) is 0. The molecule has 0 aromatic carbocycles. The van der Waals surface area contributed by atoms with Crippen molar-refractivity contribution in [3.05, 3.63) is 0 Å². The van der Waals surface area contributed by atoms with Crippen LogP contribution in [0.1, 0.15) is 0 Å². The van der Waals surface area contributed by atoms with E-state index in [2.05, 4.69) is 0 Å². The lowest BCUT2D eigenvalue weighted by Gasteiger charge is -1.53. The molecule has 0 saturated heterocycles. The Kier molecular flexibility index (Phi) is 3.04. The second-order valence-corrected chi connectivity index (χ2v) is 0.996. The Morgan fingerprint density at radius 2 is 2.25 bits per heavy atom. The second kappa shape index (κ2) is 3.02. The van der Waals surface area contributed by atoms with E-state index in [9.17, 15) is 0 Å². The van der Waals surface area contributed by atoms with Crippen LogP contribution in [0.3, 0.4) is 0 Å². The number of carbonyl (C=O) groups excluding carboxylic acids is 1. The normalized spacial score (nSPS) is 6.25. The van der Waals surface area contributed by atoms with Gasteiger partial charge in [-0.2, -0.15) is 0 Å². The molecule has 2 heteroatoms. The molecular weight excluding hydrogens is 72.1 g/mol. The second-order valence-electron chi connectivity index (χ2n) is 0.332. The van der Waals surface area contributed by atoms with E-state index in [0.29, 0.717) is 0 Å². The molecule has 0 N–H and O–H groups in total. The first kappa shape index (κ1) is 4.02. The van der Waals surface area contributed by atoms with Crippen LogP contribution in [0.15, 0.2) is 0 Å². The molecular formula is C2H4OS. The lowest BCUT2D eigenvalue weighted by molar-refractivity contribution is 0.570. The van der Waals surface area contributed by atoms with E-state index < -0.39 is 0 Å². The molecule has 0 aromatic heterocycles. The summed E-state index contributed by atoms with van der Waals surface area (Å²) in [6.45, 7) is 0. The van der Waals surface area contributed by atoms with Gasteiger partial charge in [0.15, 0.2) is 5.62 Å². The van der Waals surface area contributed by atoms with Crippen molar-refractivity contribution in [2.45, 2.75) is 0 Å². The quantitative estimate of drug-likeness (QED) is 0.424. The number of hydrogen-bond acceptors (Lipinski definition) is 2. The van der Waals surface area contributed by atoms with Crippen molar-refractivity contribution >= 4 is 17.4 Å². The molecule has 24 valence electrons. The first-order chi connectivity index (χ1) is 1.91. The van der Waals surface area contributed by atoms with Crippen LogP contribution < -0.4 is 0 Å². The van der Waals surface area contributed by atoms with Crippen molar-refractivity contribution in [2.24, 2.45) is 0 Å². The van der Waals surface area contributed by atoms with Gasteiger partial charge in [0.25, 0.3) is 0 Å². The van der Waals surface area contributed by atoms with Crippen LogP contribution in [0, 0.1) is 0 Å². The zero-order valence-electron chi connectivity index (χ0n) is 2.39. The first-order valence-corrected chi connectivity index (χ1v) is 2.17. The van der Waals surface area contributed by atoms with Crippen LogP contribution in [0.5, 0.6) is 0 Å². The summed E-state index contributed by atoms with van der Waals surface area (Å²) in [5.74, 6) is 0. The molecule has 0 atom stereocenters. The summed E-state index contributed by atoms with van der Waals surface area (Å²) in [5.41, 5.74) is 0.792. The van der Waals surface area contributed by atoms with Gasteiger partial charge < -0.3 is 0 Å². The summed E-state index contributed by atoms with van der Waals surface area (Å²) in [5, 5.41) is 0. The molecule has 0 aliphatic heterocycles. The molecule has 0 aliphatic rings. The highest BCUT2D eigenvalue weighted by Crippen LogP contribution is 1.74. The fourth-order valence-corrected chi connectivity index (χ4v) is 0. The molecule has 0 amide bonds. The molecule has 0 aromatic rings. The lowest BCUT2D eigenvalue weighted by atomic mass is 11.8. The minimum Gasteiger partial charge on any atom is -0.291 e. The van der Waals surface area contributed by atoms with Gasteiger partial charge in [0.05, 0.1) is 0 Å². The van der Waals surface area contributed by atoms with Crippen LogP contribution in [0.4, 0.5) is 0 Å². The maximum Gasteiger partial charge on any atom is 0.175 e. The van der Waals surface area contributed by atoms with E-state index in [0.717, 1.165) is 5.62 Å². The molecule has 0 spiro atoms. The van der Waals surface area contributed by atoms with Gasteiger partial charge in [0, 0.05) is 0 Å². The summed E-state index contributed by atoms with van der Waals surface area (Å²) in [6.07, 6.45) is 1.73. The number of hydrogen-bond donors (Lipinski definition) is 0. The van der Waals surface area contributed by atoms with Crippen molar-refractivity contribution in [3.63, 3.8) is 0 Å². The van der Waals surface area contributed by atoms with E-state index in [1.165, 1.54) is 11.8 Å². The third-order valence-electron chi connectivity index (χ3n) is 0.0962. The SMILES string of the molecule is CSC=O. The van der Waals surface area contributed by atoms with Crippen molar-refractivity contribution < 1.29 is 4.79 Å². The molecule has 0 saturated carbocycles. The van der Waals surface area contributed by atoms with Crippen molar-refractivity contribution in [1.82, 2.24) is 0 Å². The molecule has 1 nitrogen and oxygen atoms in total. The highest BCUT2D eigenvalue weighted by Gasteiger charge is 1.51. The van der Waals surface area contributed by atoms with Gasteiger partial charge in [-0.25, -0.2) is 0 Å². The van der Waals surface area contributed by atoms with E-state index >= 15 is 0 Å². The predicted molar refractivity (Wildman–Crippen MR) is 20.3 cm³/mol. The van der Waals surface area contributed by atoms with Gasteiger partial charge >= 0.3 is 0 Å². The topological polar surface area (TPSA) is 17.1 Å². The van der Waals surface area contributed by atoms with Gasteiger partial charge in [-0.15, -0.1) is 0 Å². The van der Waals surface area contributed by atoms with E-state index in [-0.39, 0.29) is 0 Å². The minimum atomic E-state index is 0.792. The average Bonchev–Trinajstić information content (AvgIpc) is 1.37. The molecule has 4 heavy (non-hydrogen) atoms. The summed E-state index contributed by atoms with van der Waals surface area (Å²) in [4.78, 5) is 9.14. The van der Waals surface area contributed by atoms with Gasteiger partial charge in [0.2, 0.25) is 0 Å². The Morgan fingerprint density at radius 3 is 2.25 bits per heavy atom. The summed E-state index contributed by atoms with van der Waals surface area (Å²) >= 11 is 1.18. The highest BCUT2D eigenvalue weighted by atomic mass is 32.2. The Labute approximate surface area is 29.4 Å². The maximum absolute atomic E-state index is 9.14. The Balaban J connectivity index is 2.30. The van der Waals surface area contributed by atoms with Crippen molar-refractivity contribution in [3.8, 4) is 0 Å². The zero-order chi connectivity index (χ0) is 3.41. The smallest absolute Gasteiger partial charge is 0.175 e. The first-order valence-electron chi connectivity index (χ1n) is 0.880. The molecule has 0 rings (SSSR count). The van der Waals surface area contributed by atoms with E-state index in [4.69, 9.17) is 4.79 Å². The Bertz CT molecular complexity index is 20.0. The van der Waals surface area contributed by atoms with Crippen molar-refractivity contribution in [2.75, 3.05) is 6.26 Å². The molecule has 0 aliphatic carbocycles. The minimum absolute atomic E-state index is 0.792. The molecule has 0 unspecified atom stereocenters. The van der Waals surface area contributed by atoms with E-state index in [1.807, 2.05) is 0 Å². The monoisotopic (exact) mass is 76.0 g/mol. The zero-order valence-corrected chi connectivity index (χ0v) is 3.21. The average molecular weight is 76.1 g/mol. The van der Waals surface area contributed by atoms with Crippen LogP contribution >= 0.6 is 11.8 Å². The fraction of sp³-hybridized carbons (Fsp3) is 0.500. The highest BCUT2D eigenvalue weighted by molar-refractivity contribution is 8.11. The summed E-state index contributed by atoms with van der Waals surface area (Å²) in [7, 11) is 0. The Hall–Kier alpha value is 0.0200. The molecule has 0 fully saturated rings. The standard InChI is InChI=1S/C2H4OS/c1-4-2-3/h2H,1H3. The maximum atomic E-state index is 9.14. The molecule has 0 radical (unpaired) electrons. The predicted octanol–water partition coefficient (Wildman–Crippen LogP) is 0.540. The summed E-state index contributed by atoms with van der Waals surface area (Å²) in [6, 6.07) is 0. The third kappa shape index (κ3) is 2.02. The van der Waals surface area contributed by atoms with Crippen LogP contribution in [0.2, 0.25) is 0 Å². The van der Waals surface area contributed by atoms with Crippen molar-refractivity contribution in [1.29, 1.82) is 0 Å². The largest absolute Gasteiger partial charge is 0.291 e. The van der Waals surface area contributed by atoms with Gasteiger partial charge in [-0.1, -0.05) is 11.8 Å². The van der Waals surface area contributed by atoms with Crippen LogP contribution in [-0.2, 0) is 4.79 Å². The van der Waals surface area contributed by atoms with Crippen LogP contribution in [0.25, 0.3) is 0 Å². The van der Waals surface area contributed by atoms with Gasteiger partial charge in [-0.3, -0.25) is 4.79 Å². The molecule has 0 bridgehead atoms. The Morgan fingerprint density at radius 1 is 2.00 bits per heavy atom. The third-order valence-corrected chi connectivity index (χ3v) is 0.289. The lowest BCUT2D eigenvalue weighted by Crippen LogP contribution is -1.44. The number of thioether (sulfide) groups is 1. The van der Waals surface area contributed by atoms with Gasteiger partial charge in [-0.05, 0) is 6.26 Å². The number of rotatable bonds is 1. The summed E-state index contributed by atoms with van der Waals surface area (Å²) < 4.78 is 0. The van der Waals surface area contributed by atoms with E-state index in [1.54, 1.807) is 6.26 Å². The number of carbonyl (C=O) groups is 1. The van der Waals surface area contributed by atoms with Crippen LogP contribution in [-0.4, -0.2) is 11.9 Å².